The lowest BCUT2D eigenvalue weighted by Gasteiger charge is -2.21. The molecule has 0 saturated heterocycles. The van der Waals surface area contributed by atoms with Crippen LogP contribution in [0.3, 0.4) is 0 Å². The van der Waals surface area contributed by atoms with Crippen molar-refractivity contribution in [2.75, 3.05) is 17.2 Å². The lowest BCUT2D eigenvalue weighted by molar-refractivity contribution is 0.447. The fraction of sp³-hybridized carbons (Fsp3) is 0.371. The molecule has 1 aromatic heterocycles. The molecule has 4 nitrogen and oxygen atoms in total. The molecule has 0 aliphatic heterocycles. The first-order valence-electron chi connectivity index (χ1n) is 13.8. The highest BCUT2D eigenvalue weighted by atomic mass is 32.1. The molecule has 0 atom stereocenters. The summed E-state index contributed by atoms with van der Waals surface area (Å²) in [5, 5.41) is 13.4. The summed E-state index contributed by atoms with van der Waals surface area (Å²) in [6, 6.07) is 17.7. The molecule has 42 heavy (non-hydrogen) atoms. The maximum Gasteiger partial charge on any atom is 0.160 e. The van der Waals surface area contributed by atoms with E-state index in [1.54, 1.807) is 17.4 Å². The zero-order valence-corrected chi connectivity index (χ0v) is 27.6. The van der Waals surface area contributed by atoms with Gasteiger partial charge in [-0.3, -0.25) is 0 Å². The van der Waals surface area contributed by atoms with Crippen molar-refractivity contribution in [3.05, 3.63) is 105 Å². The number of hydrogen-bond acceptors (Lipinski definition) is 5. The van der Waals surface area contributed by atoms with Crippen LogP contribution >= 0.6 is 11.3 Å². The number of hydrogen-bond donors (Lipinski definition) is 4. The third-order valence-electron chi connectivity index (χ3n) is 6.28. The standard InChI is InChI=1S/C10H13F2N.C10H15N.C10H14O.C5H7NS/c1-10(2,3)6-4-7(11)8(12)5-9(6)13;2*1-10(2,3)8-6-4-5-7-9(8)11;1-4-2-7-3-5(4)6/h4-5H,13H2,1-3H3;4-7H,11H2,1-3H3;4-7,11H,1-3H3;2-3H,6H2,1H3. The van der Waals surface area contributed by atoms with Gasteiger partial charge in [-0.25, -0.2) is 8.78 Å². The molecule has 0 spiro atoms. The average molecular weight is 598 g/mol. The molecule has 1 heterocycles. The lowest BCUT2D eigenvalue weighted by Crippen LogP contribution is -2.14. The van der Waals surface area contributed by atoms with Crippen LogP contribution in [0.4, 0.5) is 25.8 Å². The van der Waals surface area contributed by atoms with E-state index in [2.05, 4.69) is 47.6 Å². The van der Waals surface area contributed by atoms with Crippen LogP contribution in [0.1, 0.15) is 84.6 Å². The van der Waals surface area contributed by atoms with Crippen molar-refractivity contribution in [1.82, 2.24) is 0 Å². The molecule has 0 saturated carbocycles. The Hall–Kier alpha value is -3.58. The minimum atomic E-state index is -0.898. The summed E-state index contributed by atoms with van der Waals surface area (Å²) in [7, 11) is 0. The summed E-state index contributed by atoms with van der Waals surface area (Å²) in [6.45, 7) is 20.5. The number of thiophene rings is 1. The van der Waals surface area contributed by atoms with E-state index in [0.29, 0.717) is 17.0 Å². The molecule has 0 bridgehead atoms. The van der Waals surface area contributed by atoms with Gasteiger partial charge >= 0.3 is 0 Å². The van der Waals surface area contributed by atoms with Crippen molar-refractivity contribution in [3.8, 4) is 5.75 Å². The Balaban J connectivity index is 0.000000285. The van der Waals surface area contributed by atoms with Gasteiger partial charge in [0.2, 0.25) is 0 Å². The van der Waals surface area contributed by atoms with Crippen molar-refractivity contribution < 1.29 is 13.9 Å². The molecule has 0 amide bonds. The maximum absolute atomic E-state index is 12.9. The zero-order valence-electron chi connectivity index (χ0n) is 26.8. The first kappa shape index (κ1) is 36.4. The van der Waals surface area contributed by atoms with Gasteiger partial charge < -0.3 is 22.3 Å². The molecule has 0 radical (unpaired) electrons. The number of benzene rings is 3. The van der Waals surface area contributed by atoms with Gasteiger partial charge in [0.1, 0.15) is 5.75 Å². The number of phenols is 1. The number of rotatable bonds is 0. The van der Waals surface area contributed by atoms with Gasteiger partial charge in [0.05, 0.1) is 0 Å². The number of aromatic hydroxyl groups is 1. The van der Waals surface area contributed by atoms with Gasteiger partial charge in [0, 0.05) is 28.5 Å². The average Bonchev–Trinajstić information content (AvgIpc) is 3.23. The SMILES string of the molecule is CC(C)(C)c1cc(F)c(F)cc1N.CC(C)(C)c1ccccc1N.CC(C)(C)c1ccccc1O.Cc1cscc1N. The summed E-state index contributed by atoms with van der Waals surface area (Å²) in [6.07, 6.45) is 0. The Bertz CT molecular complexity index is 1340. The van der Waals surface area contributed by atoms with E-state index in [0.717, 1.165) is 29.1 Å². The highest BCUT2D eigenvalue weighted by Crippen LogP contribution is 2.30. The van der Waals surface area contributed by atoms with Crippen LogP contribution < -0.4 is 17.2 Å². The topological polar surface area (TPSA) is 98.3 Å². The number of nitrogen functional groups attached to an aromatic ring is 3. The predicted molar refractivity (Wildman–Crippen MR) is 179 cm³/mol. The van der Waals surface area contributed by atoms with Crippen molar-refractivity contribution >= 4 is 28.4 Å². The lowest BCUT2D eigenvalue weighted by atomic mass is 9.86. The van der Waals surface area contributed by atoms with Crippen molar-refractivity contribution in [2.45, 2.75) is 85.5 Å². The van der Waals surface area contributed by atoms with Crippen molar-refractivity contribution in [2.24, 2.45) is 0 Å². The van der Waals surface area contributed by atoms with Crippen molar-refractivity contribution in [3.63, 3.8) is 0 Å². The molecule has 0 unspecified atom stereocenters. The Morgan fingerprint density at radius 1 is 0.571 bits per heavy atom. The minimum Gasteiger partial charge on any atom is -0.508 e. The Morgan fingerprint density at radius 3 is 1.36 bits per heavy atom. The largest absolute Gasteiger partial charge is 0.508 e. The number of anilines is 3. The van der Waals surface area contributed by atoms with Gasteiger partial charge in [-0.05, 0) is 69.0 Å². The molecular formula is C35H49F2N3OS. The number of halogens is 2. The highest BCUT2D eigenvalue weighted by molar-refractivity contribution is 7.08. The van der Waals surface area contributed by atoms with Gasteiger partial charge in [-0.1, -0.05) is 98.7 Å². The predicted octanol–water partition coefficient (Wildman–Crippen LogP) is 9.74. The first-order valence-corrected chi connectivity index (χ1v) is 14.8. The zero-order chi connectivity index (χ0) is 32.5. The Morgan fingerprint density at radius 2 is 1.02 bits per heavy atom. The molecule has 4 rings (SSSR count). The van der Waals surface area contributed by atoms with E-state index in [1.807, 2.05) is 74.9 Å². The summed E-state index contributed by atoms with van der Waals surface area (Å²) in [5.74, 6) is -1.36. The summed E-state index contributed by atoms with van der Waals surface area (Å²) >= 11 is 1.64. The molecule has 0 aliphatic carbocycles. The van der Waals surface area contributed by atoms with E-state index in [-0.39, 0.29) is 16.2 Å². The fourth-order valence-electron chi connectivity index (χ4n) is 3.87. The van der Waals surface area contributed by atoms with E-state index in [1.165, 1.54) is 11.1 Å². The van der Waals surface area contributed by atoms with E-state index in [4.69, 9.17) is 17.2 Å². The van der Waals surface area contributed by atoms with Gasteiger partial charge in [-0.15, -0.1) is 11.3 Å². The summed E-state index contributed by atoms with van der Waals surface area (Å²) in [4.78, 5) is 0. The number of para-hydroxylation sites is 2. The van der Waals surface area contributed by atoms with Gasteiger partial charge in [-0.2, -0.15) is 0 Å². The van der Waals surface area contributed by atoms with Crippen LogP contribution in [0.25, 0.3) is 0 Å². The van der Waals surface area contributed by atoms with Crippen LogP contribution in [0.5, 0.6) is 5.75 Å². The van der Waals surface area contributed by atoms with Crippen LogP contribution in [0, 0.1) is 18.6 Å². The second-order valence-corrected chi connectivity index (χ2v) is 14.0. The molecule has 7 N–H and O–H groups in total. The molecule has 0 fully saturated rings. The van der Waals surface area contributed by atoms with E-state index < -0.39 is 11.6 Å². The second-order valence-electron chi connectivity index (χ2n) is 13.2. The number of phenolic OH excluding ortho intramolecular Hbond substituents is 1. The molecule has 3 aromatic carbocycles. The normalized spacial score (nSPS) is 11.2. The third-order valence-corrected chi connectivity index (χ3v) is 7.16. The van der Waals surface area contributed by atoms with Crippen LogP contribution in [-0.2, 0) is 16.2 Å². The van der Waals surface area contributed by atoms with E-state index in [9.17, 15) is 13.9 Å². The molecule has 230 valence electrons. The fourth-order valence-corrected chi connectivity index (χ4v) is 4.61. The Kier molecular flexibility index (Phi) is 13.1. The summed E-state index contributed by atoms with van der Waals surface area (Å²) in [5.41, 5.74) is 22.9. The van der Waals surface area contributed by atoms with Crippen LogP contribution in [0.15, 0.2) is 71.4 Å². The number of nitrogens with two attached hydrogens (primary N) is 3. The second kappa shape index (κ2) is 15.1. The molecular weight excluding hydrogens is 548 g/mol. The smallest absolute Gasteiger partial charge is 0.160 e. The monoisotopic (exact) mass is 597 g/mol. The Labute approximate surface area is 255 Å². The first-order chi connectivity index (χ1) is 19.2. The quantitative estimate of drug-likeness (QED) is 0.152. The minimum absolute atomic E-state index is 0.0331. The third kappa shape index (κ3) is 11.7. The molecule has 0 aliphatic rings. The van der Waals surface area contributed by atoms with Gasteiger partial charge in [0.15, 0.2) is 11.6 Å². The summed E-state index contributed by atoms with van der Waals surface area (Å²) < 4.78 is 25.6. The highest BCUT2D eigenvalue weighted by Gasteiger charge is 2.19. The molecule has 7 heteroatoms. The van der Waals surface area contributed by atoms with Gasteiger partial charge in [0.25, 0.3) is 0 Å². The van der Waals surface area contributed by atoms with Crippen LogP contribution in [0.2, 0.25) is 0 Å². The maximum atomic E-state index is 12.9. The molecule has 4 aromatic rings. The van der Waals surface area contributed by atoms with E-state index >= 15 is 0 Å². The van der Waals surface area contributed by atoms with Crippen LogP contribution in [-0.4, -0.2) is 5.11 Å². The number of aryl methyl sites for hydroxylation is 1. The van der Waals surface area contributed by atoms with Crippen molar-refractivity contribution in [1.29, 1.82) is 0 Å².